The number of anilines is 1. The summed E-state index contributed by atoms with van der Waals surface area (Å²) >= 11 is 0. The van der Waals surface area contributed by atoms with Crippen LogP contribution in [0.15, 0.2) is 53.9 Å². The summed E-state index contributed by atoms with van der Waals surface area (Å²) in [5.74, 6) is -1.53. The highest BCUT2D eigenvalue weighted by Gasteiger charge is 2.29. The minimum absolute atomic E-state index is 0.248. The van der Waals surface area contributed by atoms with Gasteiger partial charge in [0.05, 0.1) is 12.3 Å². The molecule has 1 aliphatic heterocycles. The minimum Gasteiger partial charge on any atom is -0.503 e. The molecule has 98 valence electrons. The van der Waals surface area contributed by atoms with Crippen molar-refractivity contribution in [3.8, 4) is 0 Å². The molecule has 5 heteroatoms. The second-order valence-electron chi connectivity index (χ2n) is 3.83. The highest BCUT2D eigenvalue weighted by Crippen LogP contribution is 2.27. The summed E-state index contributed by atoms with van der Waals surface area (Å²) in [6.07, 6.45) is 2.42. The van der Waals surface area contributed by atoms with E-state index in [1.54, 1.807) is 31.2 Å². The normalized spacial score (nSPS) is 16.7. The number of ether oxygens (including phenoxy) is 1. The predicted molar refractivity (Wildman–Crippen MR) is 69.4 cm³/mol. The number of allylic oxidation sites excluding steroid dienone is 1. The Hall–Kier alpha value is -2.56. The number of nitrogens with zero attached hydrogens (tertiary/aromatic N) is 1. The first-order chi connectivity index (χ1) is 9.13. The molecule has 0 radical (unpaired) electrons. The Kier molecular flexibility index (Phi) is 3.66. The number of hydrogen-bond acceptors (Lipinski definition) is 4. The van der Waals surface area contributed by atoms with Crippen molar-refractivity contribution in [2.75, 3.05) is 11.5 Å². The Bertz CT molecular complexity index is 560. The van der Waals surface area contributed by atoms with Crippen LogP contribution in [-0.2, 0) is 14.3 Å². The number of carbonyl (C=O) groups excluding carboxylic acids is 2. The molecule has 1 heterocycles. The molecule has 5 nitrogen and oxygen atoms in total. The number of hydrogen-bond donors (Lipinski definition) is 1. The number of amides is 1. The van der Waals surface area contributed by atoms with Gasteiger partial charge in [0.15, 0.2) is 5.76 Å². The largest absolute Gasteiger partial charge is 0.503 e. The molecular formula is C14H13NO4. The number of aliphatic hydroxyl groups is 1. The van der Waals surface area contributed by atoms with Gasteiger partial charge in [0.25, 0.3) is 5.91 Å². The van der Waals surface area contributed by atoms with E-state index >= 15 is 0 Å². The van der Waals surface area contributed by atoms with Crippen molar-refractivity contribution < 1.29 is 19.4 Å². The molecule has 0 bridgehead atoms. The van der Waals surface area contributed by atoms with Crippen molar-refractivity contribution in [2.24, 2.45) is 0 Å². The van der Waals surface area contributed by atoms with Crippen LogP contribution in [0.25, 0.3) is 0 Å². The maximum Gasteiger partial charge on any atom is 0.332 e. The van der Waals surface area contributed by atoms with E-state index in [0.717, 1.165) is 0 Å². The van der Waals surface area contributed by atoms with Crippen LogP contribution in [-0.4, -0.2) is 23.6 Å². The van der Waals surface area contributed by atoms with Gasteiger partial charge in [-0.05, 0) is 19.1 Å². The standard InChI is InChI=1S/C14H13NO4/c1-2-19-13(17)9-11-8-12(16)14(18)15(11)10-6-4-3-5-7-10/h3-9,16H,2H2,1H3/b11-9+. The second kappa shape index (κ2) is 5.39. The lowest BCUT2D eigenvalue weighted by Crippen LogP contribution is -2.25. The lowest BCUT2D eigenvalue weighted by atomic mass is 10.2. The summed E-state index contributed by atoms with van der Waals surface area (Å²) in [7, 11) is 0. The van der Waals surface area contributed by atoms with Crippen molar-refractivity contribution >= 4 is 17.6 Å². The van der Waals surface area contributed by atoms with Gasteiger partial charge in [-0.1, -0.05) is 18.2 Å². The highest BCUT2D eigenvalue weighted by atomic mass is 16.5. The molecule has 0 saturated carbocycles. The Labute approximate surface area is 110 Å². The first-order valence-electron chi connectivity index (χ1n) is 5.82. The zero-order valence-corrected chi connectivity index (χ0v) is 10.4. The number of esters is 1. The summed E-state index contributed by atoms with van der Waals surface area (Å²) in [5, 5.41) is 9.52. The van der Waals surface area contributed by atoms with E-state index in [1.807, 2.05) is 6.07 Å². The quantitative estimate of drug-likeness (QED) is 0.665. The topological polar surface area (TPSA) is 66.8 Å². The van der Waals surface area contributed by atoms with Crippen LogP contribution in [0.5, 0.6) is 0 Å². The van der Waals surface area contributed by atoms with Crippen LogP contribution in [0.1, 0.15) is 6.92 Å². The molecule has 0 spiro atoms. The van der Waals surface area contributed by atoms with Gasteiger partial charge >= 0.3 is 5.97 Å². The fourth-order valence-electron chi connectivity index (χ4n) is 1.75. The van der Waals surface area contributed by atoms with Crippen LogP contribution >= 0.6 is 0 Å². The number of carbonyl (C=O) groups is 2. The average Bonchev–Trinajstić information content (AvgIpc) is 2.66. The number of aliphatic hydroxyl groups excluding tert-OH is 1. The fraction of sp³-hybridized carbons (Fsp3) is 0.143. The molecule has 2 rings (SSSR count). The number of rotatable bonds is 3. The molecular weight excluding hydrogens is 246 g/mol. The number of para-hydroxylation sites is 1. The Morgan fingerprint density at radius 2 is 2.05 bits per heavy atom. The first-order valence-corrected chi connectivity index (χ1v) is 5.82. The maximum absolute atomic E-state index is 11.9. The van der Waals surface area contributed by atoms with E-state index in [9.17, 15) is 14.7 Å². The van der Waals surface area contributed by atoms with Crippen molar-refractivity contribution in [3.63, 3.8) is 0 Å². The van der Waals surface area contributed by atoms with Gasteiger partial charge in [-0.15, -0.1) is 0 Å². The third-order valence-electron chi connectivity index (χ3n) is 2.53. The van der Waals surface area contributed by atoms with E-state index in [4.69, 9.17) is 4.74 Å². The second-order valence-corrected chi connectivity index (χ2v) is 3.83. The summed E-state index contributed by atoms with van der Waals surface area (Å²) in [6.45, 7) is 1.94. The molecule has 0 aliphatic carbocycles. The Morgan fingerprint density at radius 3 is 2.68 bits per heavy atom. The SMILES string of the molecule is CCOC(=O)/C=C1\C=C(O)C(=O)N1c1ccccc1. The van der Waals surface area contributed by atoms with Crippen LogP contribution in [0.4, 0.5) is 5.69 Å². The van der Waals surface area contributed by atoms with E-state index in [2.05, 4.69) is 0 Å². The Morgan fingerprint density at radius 1 is 1.37 bits per heavy atom. The average molecular weight is 259 g/mol. The maximum atomic E-state index is 11.9. The predicted octanol–water partition coefficient (Wildman–Crippen LogP) is 1.92. The van der Waals surface area contributed by atoms with E-state index in [0.29, 0.717) is 5.69 Å². The van der Waals surface area contributed by atoms with Crippen molar-refractivity contribution in [1.29, 1.82) is 0 Å². The van der Waals surface area contributed by atoms with Gasteiger partial charge in [0.1, 0.15) is 0 Å². The molecule has 0 fully saturated rings. The molecule has 1 aliphatic rings. The van der Waals surface area contributed by atoms with Gasteiger partial charge < -0.3 is 9.84 Å². The third kappa shape index (κ3) is 2.65. The molecule has 0 unspecified atom stereocenters. The van der Waals surface area contributed by atoms with Gasteiger partial charge in [0.2, 0.25) is 0 Å². The van der Waals surface area contributed by atoms with Gasteiger partial charge in [-0.2, -0.15) is 0 Å². The Balaban J connectivity index is 2.36. The van der Waals surface area contributed by atoms with Crippen LogP contribution < -0.4 is 4.90 Å². The van der Waals surface area contributed by atoms with Gasteiger partial charge in [-0.3, -0.25) is 9.69 Å². The molecule has 0 saturated heterocycles. The molecule has 1 aromatic carbocycles. The van der Waals surface area contributed by atoms with Crippen molar-refractivity contribution in [2.45, 2.75) is 6.92 Å². The van der Waals surface area contributed by atoms with Gasteiger partial charge in [-0.25, -0.2) is 4.79 Å². The van der Waals surface area contributed by atoms with Gasteiger partial charge in [0, 0.05) is 17.8 Å². The first kappa shape index (κ1) is 12.9. The molecule has 1 aromatic rings. The number of benzene rings is 1. The van der Waals surface area contributed by atoms with E-state index in [1.165, 1.54) is 17.1 Å². The lowest BCUT2D eigenvalue weighted by Gasteiger charge is -2.17. The van der Waals surface area contributed by atoms with Crippen molar-refractivity contribution in [3.05, 3.63) is 53.9 Å². The monoisotopic (exact) mass is 259 g/mol. The zero-order valence-electron chi connectivity index (χ0n) is 10.4. The third-order valence-corrected chi connectivity index (χ3v) is 2.53. The molecule has 1 N–H and O–H groups in total. The van der Waals surface area contributed by atoms with E-state index < -0.39 is 17.6 Å². The summed E-state index contributed by atoms with van der Waals surface area (Å²) < 4.78 is 4.79. The smallest absolute Gasteiger partial charge is 0.332 e. The fourth-order valence-corrected chi connectivity index (χ4v) is 1.75. The lowest BCUT2D eigenvalue weighted by molar-refractivity contribution is -0.137. The van der Waals surface area contributed by atoms with Crippen LogP contribution in [0.2, 0.25) is 0 Å². The molecule has 19 heavy (non-hydrogen) atoms. The summed E-state index contributed by atoms with van der Waals surface area (Å²) in [5.41, 5.74) is 0.857. The zero-order chi connectivity index (χ0) is 13.8. The summed E-state index contributed by atoms with van der Waals surface area (Å²) in [6, 6.07) is 8.76. The highest BCUT2D eigenvalue weighted by molar-refractivity contribution is 6.11. The molecule has 0 aromatic heterocycles. The van der Waals surface area contributed by atoms with Crippen LogP contribution in [0.3, 0.4) is 0 Å². The molecule has 0 atom stereocenters. The molecule has 1 amide bonds. The summed E-state index contributed by atoms with van der Waals surface area (Å²) in [4.78, 5) is 24.6. The minimum atomic E-state index is -0.568. The van der Waals surface area contributed by atoms with Crippen molar-refractivity contribution in [1.82, 2.24) is 0 Å². The van der Waals surface area contributed by atoms with E-state index in [-0.39, 0.29) is 12.3 Å². The van der Waals surface area contributed by atoms with Crippen LogP contribution in [0, 0.1) is 0 Å².